The van der Waals surface area contributed by atoms with Gasteiger partial charge in [0.05, 0.1) is 5.75 Å². The molecule has 5 rings (SSSR count). The Balaban J connectivity index is 1.21. The zero-order valence-corrected chi connectivity index (χ0v) is 18.9. The highest BCUT2D eigenvalue weighted by Crippen LogP contribution is 2.32. The third-order valence-electron chi connectivity index (χ3n) is 5.05. The molecule has 10 heteroatoms. The molecule has 0 aliphatic carbocycles. The first-order valence-corrected chi connectivity index (χ1v) is 11.3. The molecule has 0 atom stereocenters. The van der Waals surface area contributed by atoms with Crippen LogP contribution in [-0.2, 0) is 12.3 Å². The zero-order chi connectivity index (χ0) is 22.8. The van der Waals surface area contributed by atoms with Gasteiger partial charge in [0.15, 0.2) is 22.3 Å². The summed E-state index contributed by atoms with van der Waals surface area (Å²) in [5.74, 6) is 2.71. The van der Waals surface area contributed by atoms with E-state index >= 15 is 0 Å². The molecule has 1 aliphatic heterocycles. The molecular formula is C23H21N5O4S. The van der Waals surface area contributed by atoms with Gasteiger partial charge < -0.3 is 19.2 Å². The topological polar surface area (TPSA) is 104 Å². The van der Waals surface area contributed by atoms with E-state index in [9.17, 15) is 4.79 Å². The Morgan fingerprint density at radius 1 is 1.12 bits per heavy atom. The number of aryl methyl sites for hydroxylation is 2. The Hall–Kier alpha value is -3.79. The maximum atomic E-state index is 12.5. The molecule has 0 unspecified atom stereocenters. The van der Waals surface area contributed by atoms with E-state index in [0.29, 0.717) is 29.7 Å². The van der Waals surface area contributed by atoms with E-state index in [1.807, 2.05) is 54.8 Å². The van der Waals surface area contributed by atoms with Crippen LogP contribution in [0.4, 0.5) is 0 Å². The highest BCUT2D eigenvalue weighted by molar-refractivity contribution is 7.98. The van der Waals surface area contributed by atoms with Crippen LogP contribution in [0.2, 0.25) is 0 Å². The Labute approximate surface area is 194 Å². The third-order valence-corrected chi connectivity index (χ3v) is 5.97. The summed E-state index contributed by atoms with van der Waals surface area (Å²) in [4.78, 5) is 16.8. The maximum absolute atomic E-state index is 12.5. The van der Waals surface area contributed by atoms with Crippen molar-refractivity contribution in [1.82, 2.24) is 25.1 Å². The average molecular weight is 464 g/mol. The van der Waals surface area contributed by atoms with Crippen molar-refractivity contribution in [3.05, 3.63) is 77.3 Å². The second-order valence-electron chi connectivity index (χ2n) is 7.49. The van der Waals surface area contributed by atoms with Crippen LogP contribution in [0.25, 0.3) is 5.69 Å². The van der Waals surface area contributed by atoms with Gasteiger partial charge in [0, 0.05) is 12.2 Å². The van der Waals surface area contributed by atoms with Gasteiger partial charge in [-0.1, -0.05) is 30.0 Å². The molecule has 168 valence electrons. The van der Waals surface area contributed by atoms with Gasteiger partial charge in [-0.15, -0.1) is 10.2 Å². The Morgan fingerprint density at radius 2 is 2.00 bits per heavy atom. The summed E-state index contributed by atoms with van der Waals surface area (Å²) in [5, 5.41) is 12.0. The standard InChI is InChI=1S/C23H21N5O4S/c1-14-4-3-5-17(8-14)28-15(2)26-27-23(28)33-12-21-25-18(11-30-21)22(29)24-10-16-6-7-19-20(9-16)32-13-31-19/h3-9,11H,10,12-13H2,1-2H3,(H,24,29). The number of benzene rings is 2. The number of ether oxygens (including phenoxy) is 2. The fourth-order valence-corrected chi connectivity index (χ4v) is 4.28. The van der Waals surface area contributed by atoms with Gasteiger partial charge in [-0.3, -0.25) is 9.36 Å². The molecule has 33 heavy (non-hydrogen) atoms. The number of hydrogen-bond acceptors (Lipinski definition) is 8. The second-order valence-corrected chi connectivity index (χ2v) is 8.43. The van der Waals surface area contributed by atoms with Crippen molar-refractivity contribution < 1.29 is 18.7 Å². The minimum absolute atomic E-state index is 0.214. The SMILES string of the molecule is Cc1cccc(-n2c(C)nnc2SCc2nc(C(=O)NCc3ccc4c(c3)OCO4)co2)c1. The number of thioether (sulfide) groups is 1. The summed E-state index contributed by atoms with van der Waals surface area (Å²) in [6.45, 7) is 4.51. The lowest BCUT2D eigenvalue weighted by Gasteiger charge is -2.08. The van der Waals surface area contributed by atoms with Gasteiger partial charge in [-0.2, -0.15) is 0 Å². The fraction of sp³-hybridized carbons (Fsp3) is 0.217. The quantitative estimate of drug-likeness (QED) is 0.413. The van der Waals surface area contributed by atoms with E-state index in [1.165, 1.54) is 18.0 Å². The lowest BCUT2D eigenvalue weighted by molar-refractivity contribution is 0.0945. The smallest absolute Gasteiger partial charge is 0.273 e. The van der Waals surface area contributed by atoms with E-state index in [0.717, 1.165) is 27.8 Å². The van der Waals surface area contributed by atoms with Crippen molar-refractivity contribution in [3.8, 4) is 17.2 Å². The Kier molecular flexibility index (Phi) is 5.74. The maximum Gasteiger partial charge on any atom is 0.273 e. The first-order chi connectivity index (χ1) is 16.1. The van der Waals surface area contributed by atoms with E-state index < -0.39 is 0 Å². The summed E-state index contributed by atoms with van der Waals surface area (Å²) in [7, 11) is 0. The van der Waals surface area contributed by atoms with E-state index in [1.54, 1.807) is 0 Å². The van der Waals surface area contributed by atoms with Crippen LogP contribution in [-0.4, -0.2) is 32.4 Å². The number of aromatic nitrogens is 4. The number of nitrogens with zero attached hydrogens (tertiary/aromatic N) is 4. The number of oxazole rings is 1. The minimum atomic E-state index is -0.313. The predicted octanol–water partition coefficient (Wildman–Crippen LogP) is 3.82. The van der Waals surface area contributed by atoms with Crippen molar-refractivity contribution in [2.24, 2.45) is 0 Å². The first-order valence-electron chi connectivity index (χ1n) is 10.3. The number of rotatable bonds is 7. The molecule has 2 aromatic heterocycles. The normalized spacial score (nSPS) is 12.2. The van der Waals surface area contributed by atoms with Gasteiger partial charge in [0.2, 0.25) is 12.7 Å². The Morgan fingerprint density at radius 3 is 2.88 bits per heavy atom. The highest BCUT2D eigenvalue weighted by Gasteiger charge is 2.17. The van der Waals surface area contributed by atoms with Crippen LogP contribution in [0.5, 0.6) is 11.5 Å². The number of amides is 1. The van der Waals surface area contributed by atoms with E-state index in [4.69, 9.17) is 13.9 Å². The molecule has 0 saturated heterocycles. The summed E-state index contributed by atoms with van der Waals surface area (Å²) in [6, 6.07) is 13.7. The molecule has 9 nitrogen and oxygen atoms in total. The number of carbonyl (C=O) groups excluding carboxylic acids is 1. The monoisotopic (exact) mass is 463 g/mol. The minimum Gasteiger partial charge on any atom is -0.454 e. The summed E-state index contributed by atoms with van der Waals surface area (Å²) in [6.07, 6.45) is 1.36. The lowest BCUT2D eigenvalue weighted by Crippen LogP contribution is -2.23. The van der Waals surface area contributed by atoms with E-state index in [2.05, 4.69) is 26.6 Å². The van der Waals surface area contributed by atoms with Crippen LogP contribution in [0.3, 0.4) is 0 Å². The van der Waals surface area contributed by atoms with Crippen LogP contribution < -0.4 is 14.8 Å². The molecule has 2 aromatic carbocycles. The summed E-state index contributed by atoms with van der Waals surface area (Å²) >= 11 is 1.44. The molecule has 0 radical (unpaired) electrons. The largest absolute Gasteiger partial charge is 0.454 e. The number of carbonyl (C=O) groups is 1. The molecule has 0 bridgehead atoms. The molecule has 1 N–H and O–H groups in total. The molecule has 0 spiro atoms. The average Bonchev–Trinajstić information content (AvgIpc) is 3.55. The summed E-state index contributed by atoms with van der Waals surface area (Å²) in [5.41, 5.74) is 3.28. The van der Waals surface area contributed by atoms with Crippen LogP contribution in [0, 0.1) is 13.8 Å². The van der Waals surface area contributed by atoms with Gasteiger partial charge >= 0.3 is 0 Å². The Bertz CT molecular complexity index is 1320. The van der Waals surface area contributed by atoms with Crippen molar-refractivity contribution in [1.29, 1.82) is 0 Å². The highest BCUT2D eigenvalue weighted by atomic mass is 32.2. The second kappa shape index (κ2) is 8.99. The van der Waals surface area contributed by atoms with Crippen molar-refractivity contribution in [3.63, 3.8) is 0 Å². The van der Waals surface area contributed by atoms with Crippen molar-refractivity contribution >= 4 is 17.7 Å². The van der Waals surface area contributed by atoms with Gasteiger partial charge in [0.1, 0.15) is 12.1 Å². The summed E-state index contributed by atoms with van der Waals surface area (Å²) < 4.78 is 18.2. The predicted molar refractivity (Wildman–Crippen MR) is 121 cm³/mol. The number of hydrogen-bond donors (Lipinski definition) is 1. The molecule has 4 aromatic rings. The zero-order valence-electron chi connectivity index (χ0n) is 18.1. The molecular weight excluding hydrogens is 442 g/mol. The molecule has 0 fully saturated rings. The van der Waals surface area contributed by atoms with Crippen LogP contribution in [0.15, 0.2) is 58.3 Å². The third kappa shape index (κ3) is 4.56. The van der Waals surface area contributed by atoms with Crippen LogP contribution in [0.1, 0.15) is 33.3 Å². The van der Waals surface area contributed by atoms with Crippen molar-refractivity contribution in [2.75, 3.05) is 6.79 Å². The molecule has 1 amide bonds. The number of nitrogens with one attached hydrogen (secondary N) is 1. The van der Waals surface area contributed by atoms with Crippen LogP contribution >= 0.6 is 11.8 Å². The van der Waals surface area contributed by atoms with Gasteiger partial charge in [-0.05, 0) is 49.2 Å². The molecule has 0 saturated carbocycles. The van der Waals surface area contributed by atoms with Gasteiger partial charge in [-0.25, -0.2) is 4.98 Å². The van der Waals surface area contributed by atoms with Gasteiger partial charge in [0.25, 0.3) is 5.91 Å². The molecule has 3 heterocycles. The lowest BCUT2D eigenvalue weighted by atomic mass is 10.2. The van der Waals surface area contributed by atoms with Crippen molar-refractivity contribution in [2.45, 2.75) is 31.3 Å². The fourth-order valence-electron chi connectivity index (χ4n) is 3.43. The number of fused-ring (bicyclic) bond motifs is 1. The molecule has 1 aliphatic rings. The van der Waals surface area contributed by atoms with E-state index in [-0.39, 0.29) is 18.4 Å². The first kappa shape index (κ1) is 21.1.